The molecular weight excluding hydrogens is 288 g/mol. The predicted molar refractivity (Wildman–Crippen MR) is 82.3 cm³/mol. The molecule has 0 spiro atoms. The van der Waals surface area contributed by atoms with Crippen LogP contribution in [-0.2, 0) is 17.6 Å². The highest BCUT2D eigenvalue weighted by molar-refractivity contribution is 6.31. The summed E-state index contributed by atoms with van der Waals surface area (Å²) in [4.78, 5) is 11.7. The lowest BCUT2D eigenvalue weighted by Crippen LogP contribution is -2.26. The van der Waals surface area contributed by atoms with Gasteiger partial charge in [-0.15, -0.1) is 0 Å². The van der Waals surface area contributed by atoms with Gasteiger partial charge in [-0.2, -0.15) is 0 Å². The third kappa shape index (κ3) is 5.23. The summed E-state index contributed by atoms with van der Waals surface area (Å²) >= 11 is 6.09. The summed E-state index contributed by atoms with van der Waals surface area (Å²) in [5.41, 5.74) is 1.82. The number of amides is 1. The number of carbonyl (C=O) groups is 1. The number of benzene rings is 1. The molecule has 2 rings (SSSR count). The van der Waals surface area contributed by atoms with Crippen molar-refractivity contribution < 1.29 is 9.32 Å². The summed E-state index contributed by atoms with van der Waals surface area (Å²) < 4.78 is 4.93. The molecule has 112 valence electrons. The number of nitrogens with one attached hydrogen (secondary N) is 1. The second-order valence-electron chi connectivity index (χ2n) is 5.00. The van der Waals surface area contributed by atoms with Crippen LogP contribution in [0.25, 0.3) is 0 Å². The average Bonchev–Trinajstić information content (AvgIpc) is 2.85. The number of nitrogens with zero attached hydrogens (tertiary/aromatic N) is 1. The summed E-state index contributed by atoms with van der Waals surface area (Å²) in [5.74, 6) is 0.693. The van der Waals surface area contributed by atoms with E-state index in [9.17, 15) is 4.79 Å². The third-order valence-corrected chi connectivity index (χ3v) is 3.54. The fraction of sp³-hybridized carbons (Fsp3) is 0.375. The van der Waals surface area contributed by atoms with E-state index in [4.69, 9.17) is 16.1 Å². The van der Waals surface area contributed by atoms with Crippen LogP contribution >= 0.6 is 11.6 Å². The molecule has 0 saturated heterocycles. The average molecular weight is 307 g/mol. The van der Waals surface area contributed by atoms with E-state index in [-0.39, 0.29) is 12.3 Å². The van der Waals surface area contributed by atoms with Crippen LogP contribution in [0.4, 0.5) is 0 Å². The van der Waals surface area contributed by atoms with Gasteiger partial charge in [0.05, 0.1) is 12.1 Å². The van der Waals surface area contributed by atoms with Gasteiger partial charge in [0.2, 0.25) is 5.91 Å². The molecule has 0 saturated carbocycles. The smallest absolute Gasteiger partial charge is 0.226 e. The molecule has 0 aliphatic rings. The van der Waals surface area contributed by atoms with E-state index in [2.05, 4.69) is 10.5 Å². The highest BCUT2D eigenvalue weighted by Gasteiger charge is 2.07. The Labute approximate surface area is 129 Å². The lowest BCUT2D eigenvalue weighted by Gasteiger charge is -2.05. The number of aryl methyl sites for hydroxylation is 2. The maximum absolute atomic E-state index is 11.7. The van der Waals surface area contributed by atoms with Gasteiger partial charge in [-0.25, -0.2) is 0 Å². The number of unbranched alkanes of at least 4 members (excludes halogenated alkanes) is 1. The van der Waals surface area contributed by atoms with Crippen molar-refractivity contribution in [3.8, 4) is 0 Å². The maximum Gasteiger partial charge on any atom is 0.226 e. The van der Waals surface area contributed by atoms with Gasteiger partial charge in [0, 0.05) is 17.6 Å². The molecule has 0 aliphatic carbocycles. The van der Waals surface area contributed by atoms with Crippen molar-refractivity contribution in [2.45, 2.75) is 32.6 Å². The fourth-order valence-electron chi connectivity index (χ4n) is 2.10. The number of carbonyl (C=O) groups excluding carboxylic acids is 1. The monoisotopic (exact) mass is 306 g/mol. The van der Waals surface area contributed by atoms with Crippen molar-refractivity contribution in [3.05, 3.63) is 52.4 Å². The Hall–Kier alpha value is -1.81. The molecule has 1 aromatic carbocycles. The quantitative estimate of drug-likeness (QED) is 0.798. The predicted octanol–water partition coefficient (Wildman–Crippen LogP) is 3.32. The van der Waals surface area contributed by atoms with Crippen LogP contribution in [0.3, 0.4) is 0 Å². The minimum atomic E-state index is -0.0268. The second-order valence-corrected chi connectivity index (χ2v) is 5.41. The van der Waals surface area contributed by atoms with Crippen LogP contribution in [0.1, 0.15) is 29.9 Å². The van der Waals surface area contributed by atoms with E-state index >= 15 is 0 Å². The van der Waals surface area contributed by atoms with Crippen molar-refractivity contribution in [1.82, 2.24) is 10.5 Å². The van der Waals surface area contributed by atoms with Crippen LogP contribution in [0.5, 0.6) is 0 Å². The molecule has 0 radical (unpaired) electrons. The molecule has 1 amide bonds. The number of aromatic nitrogens is 1. The number of halogens is 1. The van der Waals surface area contributed by atoms with Gasteiger partial charge in [0.15, 0.2) is 0 Å². The SMILES string of the molecule is Cc1cc(CC(=O)NCCCCc2ccccc2Cl)no1. The highest BCUT2D eigenvalue weighted by atomic mass is 35.5. The van der Waals surface area contributed by atoms with Crippen molar-refractivity contribution >= 4 is 17.5 Å². The number of hydrogen-bond acceptors (Lipinski definition) is 3. The van der Waals surface area contributed by atoms with Gasteiger partial charge >= 0.3 is 0 Å². The zero-order valence-corrected chi connectivity index (χ0v) is 12.8. The van der Waals surface area contributed by atoms with Crippen molar-refractivity contribution in [2.24, 2.45) is 0 Å². The lowest BCUT2D eigenvalue weighted by atomic mass is 10.1. The topological polar surface area (TPSA) is 55.1 Å². The van der Waals surface area contributed by atoms with E-state index in [0.717, 1.165) is 35.6 Å². The first-order chi connectivity index (χ1) is 10.1. The summed E-state index contributed by atoms with van der Waals surface area (Å²) in [6, 6.07) is 9.63. The molecule has 0 atom stereocenters. The van der Waals surface area contributed by atoms with E-state index in [1.165, 1.54) is 0 Å². The summed E-state index contributed by atoms with van der Waals surface area (Å²) in [6.07, 6.45) is 3.11. The van der Waals surface area contributed by atoms with Crippen LogP contribution in [0.2, 0.25) is 5.02 Å². The van der Waals surface area contributed by atoms with E-state index in [1.807, 2.05) is 31.2 Å². The van der Waals surface area contributed by atoms with Crippen molar-refractivity contribution in [3.63, 3.8) is 0 Å². The van der Waals surface area contributed by atoms with Gasteiger partial charge in [0.1, 0.15) is 5.76 Å². The summed E-state index contributed by atoms with van der Waals surface area (Å²) in [7, 11) is 0. The Morgan fingerprint density at radius 2 is 2.14 bits per heavy atom. The Morgan fingerprint density at radius 1 is 1.33 bits per heavy atom. The first-order valence-electron chi connectivity index (χ1n) is 7.07. The Morgan fingerprint density at radius 3 is 2.86 bits per heavy atom. The Balaban J connectivity index is 1.61. The Bertz CT molecular complexity index is 595. The fourth-order valence-corrected chi connectivity index (χ4v) is 2.33. The normalized spacial score (nSPS) is 10.6. The standard InChI is InChI=1S/C16H19ClN2O2/c1-12-10-14(19-21-12)11-16(20)18-9-5-4-7-13-6-2-3-8-15(13)17/h2-3,6,8,10H,4-5,7,9,11H2,1H3,(H,18,20). The molecule has 0 aliphatic heterocycles. The first kappa shape index (κ1) is 15.6. The van der Waals surface area contributed by atoms with E-state index in [1.54, 1.807) is 6.07 Å². The molecule has 0 bridgehead atoms. The zero-order chi connectivity index (χ0) is 15.1. The molecule has 1 heterocycles. The van der Waals surface area contributed by atoms with Crippen LogP contribution in [0, 0.1) is 6.92 Å². The zero-order valence-electron chi connectivity index (χ0n) is 12.1. The van der Waals surface area contributed by atoms with Gasteiger partial charge in [-0.3, -0.25) is 4.79 Å². The number of rotatable bonds is 7. The summed E-state index contributed by atoms with van der Waals surface area (Å²) in [6.45, 7) is 2.48. The highest BCUT2D eigenvalue weighted by Crippen LogP contribution is 2.16. The van der Waals surface area contributed by atoms with Gasteiger partial charge in [-0.05, 0) is 37.8 Å². The third-order valence-electron chi connectivity index (χ3n) is 3.17. The summed E-state index contributed by atoms with van der Waals surface area (Å²) in [5, 5.41) is 7.50. The Kier molecular flexibility index (Phi) is 5.81. The molecule has 1 aromatic heterocycles. The molecule has 0 fully saturated rings. The molecule has 0 unspecified atom stereocenters. The van der Waals surface area contributed by atoms with Crippen LogP contribution in [-0.4, -0.2) is 17.6 Å². The maximum atomic E-state index is 11.7. The van der Waals surface area contributed by atoms with Crippen molar-refractivity contribution in [2.75, 3.05) is 6.54 Å². The largest absolute Gasteiger partial charge is 0.361 e. The van der Waals surface area contributed by atoms with E-state index < -0.39 is 0 Å². The molecule has 4 nitrogen and oxygen atoms in total. The van der Waals surface area contributed by atoms with Gasteiger partial charge in [-0.1, -0.05) is 35.0 Å². The second kappa shape index (κ2) is 7.84. The molecule has 1 N–H and O–H groups in total. The van der Waals surface area contributed by atoms with Gasteiger partial charge in [0.25, 0.3) is 0 Å². The van der Waals surface area contributed by atoms with Crippen LogP contribution in [0.15, 0.2) is 34.9 Å². The molecule has 2 aromatic rings. The minimum absolute atomic E-state index is 0.0268. The molecule has 5 heteroatoms. The van der Waals surface area contributed by atoms with Gasteiger partial charge < -0.3 is 9.84 Å². The molecular formula is C16H19ClN2O2. The van der Waals surface area contributed by atoms with E-state index in [0.29, 0.717) is 12.2 Å². The number of hydrogen-bond donors (Lipinski definition) is 1. The lowest BCUT2D eigenvalue weighted by molar-refractivity contribution is -0.120. The minimum Gasteiger partial charge on any atom is -0.361 e. The first-order valence-corrected chi connectivity index (χ1v) is 7.45. The van der Waals surface area contributed by atoms with Crippen molar-refractivity contribution in [1.29, 1.82) is 0 Å². The molecule has 21 heavy (non-hydrogen) atoms. The van der Waals surface area contributed by atoms with Crippen LogP contribution < -0.4 is 5.32 Å².